The van der Waals surface area contributed by atoms with Gasteiger partial charge < -0.3 is 15.8 Å². The van der Waals surface area contributed by atoms with Gasteiger partial charge in [0.25, 0.3) is 0 Å². The minimum absolute atomic E-state index is 0.212. The number of ether oxygens (including phenoxy) is 1. The number of primary amides is 1. The predicted molar refractivity (Wildman–Crippen MR) is 86.7 cm³/mol. The number of hydrogen-bond acceptors (Lipinski definition) is 5. The number of aryl methyl sites for hydroxylation is 1. The molecular weight excluding hydrogens is 298 g/mol. The van der Waals surface area contributed by atoms with Gasteiger partial charge in [-0.05, 0) is 38.0 Å². The van der Waals surface area contributed by atoms with Gasteiger partial charge in [0.15, 0.2) is 0 Å². The molecule has 1 aromatic rings. The molecule has 0 aromatic carbocycles. The third-order valence-electron chi connectivity index (χ3n) is 4.94. The summed E-state index contributed by atoms with van der Waals surface area (Å²) < 4.78 is 5.36. The Morgan fingerprint density at radius 3 is 3.00 bits per heavy atom. The van der Waals surface area contributed by atoms with E-state index in [0.29, 0.717) is 32.6 Å². The number of aromatic nitrogens is 1. The second kappa shape index (κ2) is 6.64. The quantitative estimate of drug-likeness (QED) is 0.863. The van der Waals surface area contributed by atoms with Crippen molar-refractivity contribution >= 4 is 17.2 Å². The molecule has 0 unspecified atom stereocenters. The zero-order valence-corrected chi connectivity index (χ0v) is 14.0. The summed E-state index contributed by atoms with van der Waals surface area (Å²) in [5, 5.41) is 4.54. The van der Waals surface area contributed by atoms with Crippen molar-refractivity contribution in [2.75, 3.05) is 19.8 Å². The molecule has 3 rings (SSSR count). The third-order valence-corrected chi connectivity index (χ3v) is 6.06. The van der Waals surface area contributed by atoms with Gasteiger partial charge in [-0.15, -0.1) is 11.3 Å². The highest BCUT2D eigenvalue weighted by Crippen LogP contribution is 2.31. The van der Waals surface area contributed by atoms with E-state index in [2.05, 4.69) is 12.2 Å². The number of nitrogens with one attached hydrogen (secondary N) is 1. The molecule has 0 radical (unpaired) electrons. The molecule has 1 atom stereocenters. The van der Waals surface area contributed by atoms with Crippen LogP contribution in [-0.2, 0) is 28.9 Å². The first-order chi connectivity index (χ1) is 10.6. The Kier molecular flexibility index (Phi) is 4.80. The summed E-state index contributed by atoms with van der Waals surface area (Å²) in [5.41, 5.74) is 6.46. The highest BCUT2D eigenvalue weighted by Gasteiger charge is 2.38. The van der Waals surface area contributed by atoms with Gasteiger partial charge in [0.05, 0.1) is 11.1 Å². The van der Waals surface area contributed by atoms with Crippen molar-refractivity contribution in [3.8, 4) is 0 Å². The molecule has 2 aliphatic rings. The van der Waals surface area contributed by atoms with Gasteiger partial charge in [-0.1, -0.05) is 6.92 Å². The Hall–Kier alpha value is -0.980. The van der Waals surface area contributed by atoms with Crippen LogP contribution in [0.2, 0.25) is 0 Å². The fourth-order valence-corrected chi connectivity index (χ4v) is 4.60. The Balaban J connectivity index is 1.57. The largest absolute Gasteiger partial charge is 0.381 e. The minimum Gasteiger partial charge on any atom is -0.381 e. The van der Waals surface area contributed by atoms with Gasteiger partial charge in [-0.25, -0.2) is 4.98 Å². The molecule has 0 saturated carbocycles. The lowest BCUT2D eigenvalue weighted by Crippen LogP contribution is -2.48. The number of carbonyl (C=O) groups excluding carboxylic acids is 1. The van der Waals surface area contributed by atoms with Gasteiger partial charge in [-0.2, -0.15) is 0 Å². The molecular formula is C16H25N3O2S. The fraction of sp³-hybridized carbons (Fsp3) is 0.750. The summed E-state index contributed by atoms with van der Waals surface area (Å²) >= 11 is 1.82. The van der Waals surface area contributed by atoms with Crippen LogP contribution in [-0.4, -0.2) is 30.6 Å². The molecule has 1 fully saturated rings. The van der Waals surface area contributed by atoms with E-state index in [4.69, 9.17) is 15.5 Å². The SMILES string of the molecule is C[C@H]1CCc2nc(CNCC3(C(N)=O)CCOCC3)sc2C1. The molecule has 1 aromatic heterocycles. The van der Waals surface area contributed by atoms with E-state index in [-0.39, 0.29) is 5.91 Å². The molecule has 0 spiro atoms. The van der Waals surface area contributed by atoms with Crippen LogP contribution in [0.3, 0.4) is 0 Å². The Bertz CT molecular complexity index is 537. The van der Waals surface area contributed by atoms with Crippen LogP contribution < -0.4 is 11.1 Å². The molecule has 22 heavy (non-hydrogen) atoms. The summed E-state index contributed by atoms with van der Waals surface area (Å²) in [6.07, 6.45) is 4.93. The highest BCUT2D eigenvalue weighted by atomic mass is 32.1. The molecule has 122 valence electrons. The molecule has 5 nitrogen and oxygen atoms in total. The van der Waals surface area contributed by atoms with E-state index in [1.54, 1.807) is 0 Å². The van der Waals surface area contributed by atoms with Crippen molar-refractivity contribution in [3.05, 3.63) is 15.6 Å². The van der Waals surface area contributed by atoms with E-state index < -0.39 is 5.41 Å². The second-order valence-corrected chi connectivity index (χ2v) is 7.85. The maximum atomic E-state index is 11.8. The number of amides is 1. The second-order valence-electron chi connectivity index (χ2n) is 6.69. The van der Waals surface area contributed by atoms with Gasteiger partial charge >= 0.3 is 0 Å². The van der Waals surface area contributed by atoms with E-state index in [1.165, 1.54) is 17.0 Å². The number of fused-ring (bicyclic) bond motifs is 1. The average Bonchev–Trinajstić information content (AvgIpc) is 2.90. The van der Waals surface area contributed by atoms with Crippen LogP contribution in [0.4, 0.5) is 0 Å². The van der Waals surface area contributed by atoms with Gasteiger partial charge in [0, 0.05) is 31.2 Å². The lowest BCUT2D eigenvalue weighted by molar-refractivity contribution is -0.132. The number of thiazole rings is 1. The van der Waals surface area contributed by atoms with Crippen molar-refractivity contribution in [3.63, 3.8) is 0 Å². The van der Waals surface area contributed by atoms with E-state index >= 15 is 0 Å². The first kappa shape index (κ1) is 15.9. The topological polar surface area (TPSA) is 77.2 Å². The molecule has 1 aliphatic carbocycles. The predicted octanol–water partition coefficient (Wildman–Crippen LogP) is 1.64. The fourth-order valence-electron chi connectivity index (χ4n) is 3.35. The molecule has 3 N–H and O–H groups in total. The summed E-state index contributed by atoms with van der Waals surface area (Å²) in [5.74, 6) is 0.560. The number of nitrogens with zero attached hydrogens (tertiary/aromatic N) is 1. The maximum Gasteiger partial charge on any atom is 0.225 e. The lowest BCUT2D eigenvalue weighted by Gasteiger charge is -2.34. The average molecular weight is 323 g/mol. The molecule has 6 heteroatoms. The van der Waals surface area contributed by atoms with Gasteiger partial charge in [0.1, 0.15) is 5.01 Å². The minimum atomic E-state index is -0.455. The van der Waals surface area contributed by atoms with Crippen molar-refractivity contribution < 1.29 is 9.53 Å². The zero-order valence-electron chi connectivity index (χ0n) is 13.2. The van der Waals surface area contributed by atoms with Crippen molar-refractivity contribution in [1.29, 1.82) is 0 Å². The highest BCUT2D eigenvalue weighted by molar-refractivity contribution is 7.11. The van der Waals surface area contributed by atoms with Crippen LogP contribution in [0.1, 0.15) is 41.8 Å². The Morgan fingerprint density at radius 1 is 1.50 bits per heavy atom. The summed E-state index contributed by atoms with van der Waals surface area (Å²) in [4.78, 5) is 18.0. The van der Waals surface area contributed by atoms with Crippen molar-refractivity contribution in [1.82, 2.24) is 10.3 Å². The van der Waals surface area contributed by atoms with E-state index in [9.17, 15) is 4.79 Å². The normalized spacial score (nSPS) is 24.0. The van der Waals surface area contributed by atoms with E-state index in [1.807, 2.05) is 11.3 Å². The summed E-state index contributed by atoms with van der Waals surface area (Å²) in [6.45, 7) is 4.89. The lowest BCUT2D eigenvalue weighted by atomic mass is 9.79. The Morgan fingerprint density at radius 2 is 2.27 bits per heavy atom. The van der Waals surface area contributed by atoms with Crippen LogP contribution in [0.5, 0.6) is 0 Å². The molecule has 1 aliphatic heterocycles. The standard InChI is InChI=1S/C16H25N3O2S/c1-11-2-3-12-13(8-11)22-14(19-12)9-18-10-16(15(17)20)4-6-21-7-5-16/h11,18H,2-10H2,1H3,(H2,17,20)/t11-/m0/s1. The van der Waals surface area contributed by atoms with Gasteiger partial charge in [0.2, 0.25) is 5.91 Å². The number of hydrogen-bond donors (Lipinski definition) is 2. The monoisotopic (exact) mass is 323 g/mol. The molecule has 2 heterocycles. The smallest absolute Gasteiger partial charge is 0.225 e. The first-order valence-corrected chi connectivity index (χ1v) is 8.96. The molecule has 1 saturated heterocycles. The third kappa shape index (κ3) is 3.34. The number of nitrogens with two attached hydrogens (primary N) is 1. The van der Waals surface area contributed by atoms with Crippen LogP contribution >= 0.6 is 11.3 Å². The Labute approximate surface area is 135 Å². The summed E-state index contributed by atoms with van der Waals surface area (Å²) in [7, 11) is 0. The first-order valence-electron chi connectivity index (χ1n) is 8.15. The zero-order chi connectivity index (χ0) is 15.6. The number of carbonyl (C=O) groups is 1. The van der Waals surface area contributed by atoms with E-state index in [0.717, 1.165) is 30.3 Å². The van der Waals surface area contributed by atoms with Crippen molar-refractivity contribution in [2.45, 2.75) is 45.6 Å². The van der Waals surface area contributed by atoms with Crippen LogP contribution in [0, 0.1) is 11.3 Å². The van der Waals surface area contributed by atoms with Gasteiger partial charge in [-0.3, -0.25) is 4.79 Å². The maximum absolute atomic E-state index is 11.8. The molecule has 0 bridgehead atoms. The van der Waals surface area contributed by atoms with Crippen LogP contribution in [0.15, 0.2) is 0 Å². The molecule has 1 amide bonds. The number of rotatable bonds is 5. The van der Waals surface area contributed by atoms with Crippen molar-refractivity contribution in [2.24, 2.45) is 17.1 Å². The van der Waals surface area contributed by atoms with Crippen LogP contribution in [0.25, 0.3) is 0 Å². The summed E-state index contributed by atoms with van der Waals surface area (Å²) in [6, 6.07) is 0.